The highest BCUT2D eigenvalue weighted by Gasteiger charge is 2.34. The quantitative estimate of drug-likeness (QED) is 0.330. The van der Waals surface area contributed by atoms with Gasteiger partial charge in [-0.15, -0.1) is 12.4 Å². The molecule has 4 rings (SSSR count). The van der Waals surface area contributed by atoms with E-state index in [9.17, 15) is 19.2 Å². The van der Waals surface area contributed by atoms with Crippen molar-refractivity contribution in [2.75, 3.05) is 39.5 Å². The van der Waals surface area contributed by atoms with E-state index in [-0.39, 0.29) is 53.0 Å². The van der Waals surface area contributed by atoms with E-state index in [1.807, 2.05) is 0 Å². The third kappa shape index (κ3) is 4.35. The largest absolute Gasteiger partial charge is 0.464 e. The van der Waals surface area contributed by atoms with Gasteiger partial charge in [0.2, 0.25) is 11.6 Å². The van der Waals surface area contributed by atoms with E-state index >= 15 is 0 Å². The van der Waals surface area contributed by atoms with Crippen LogP contribution in [-0.4, -0.2) is 67.7 Å². The second kappa shape index (κ2) is 9.34. The molecule has 9 heteroatoms. The average Bonchev–Trinajstić information content (AvgIpc) is 3.19. The van der Waals surface area contributed by atoms with Crippen LogP contribution in [0.15, 0.2) is 34.7 Å². The summed E-state index contributed by atoms with van der Waals surface area (Å²) >= 11 is 0. The van der Waals surface area contributed by atoms with Crippen LogP contribution in [0.2, 0.25) is 0 Å². The molecule has 0 N–H and O–H groups in total. The SMILES string of the molecule is Cl.O=C(CC(=O)c1cc2c(o1)C(=O)c1ccccc1C2=O)OCCN1CCOCC1. The molecular formula is C21H20ClNO7. The fourth-order valence-corrected chi connectivity index (χ4v) is 3.39. The summed E-state index contributed by atoms with van der Waals surface area (Å²) < 4.78 is 15.7. The van der Waals surface area contributed by atoms with Crippen molar-refractivity contribution in [1.82, 2.24) is 4.90 Å². The summed E-state index contributed by atoms with van der Waals surface area (Å²) in [7, 11) is 0. The second-order valence-electron chi connectivity index (χ2n) is 6.83. The Bertz CT molecular complexity index is 938. The average molecular weight is 434 g/mol. The Labute approximate surface area is 178 Å². The molecular weight excluding hydrogens is 414 g/mol. The highest BCUT2D eigenvalue weighted by molar-refractivity contribution is 6.28. The van der Waals surface area contributed by atoms with Crippen molar-refractivity contribution in [3.63, 3.8) is 0 Å². The lowest BCUT2D eigenvalue weighted by atomic mass is 9.88. The van der Waals surface area contributed by atoms with Crippen LogP contribution in [0.4, 0.5) is 0 Å². The van der Waals surface area contributed by atoms with Crippen molar-refractivity contribution in [3.05, 3.63) is 58.5 Å². The molecule has 1 saturated heterocycles. The summed E-state index contributed by atoms with van der Waals surface area (Å²) in [6.45, 7) is 3.60. The zero-order valence-corrected chi connectivity index (χ0v) is 16.9. The van der Waals surface area contributed by atoms with Crippen LogP contribution in [0.3, 0.4) is 0 Å². The number of carbonyl (C=O) groups excluding carboxylic acids is 4. The molecule has 1 aromatic heterocycles. The first kappa shape index (κ1) is 21.9. The lowest BCUT2D eigenvalue weighted by Gasteiger charge is -2.26. The zero-order valence-electron chi connectivity index (χ0n) is 16.0. The number of carbonyl (C=O) groups is 4. The summed E-state index contributed by atoms with van der Waals surface area (Å²) in [6, 6.07) is 7.63. The molecule has 1 aromatic carbocycles. The molecule has 1 aliphatic heterocycles. The van der Waals surface area contributed by atoms with E-state index in [1.54, 1.807) is 18.2 Å². The lowest BCUT2D eigenvalue weighted by Crippen LogP contribution is -2.38. The molecule has 0 amide bonds. The van der Waals surface area contributed by atoms with Gasteiger partial charge < -0.3 is 13.9 Å². The Morgan fingerprint density at radius 3 is 2.37 bits per heavy atom. The summed E-state index contributed by atoms with van der Waals surface area (Å²) in [5.41, 5.74) is 0.547. The van der Waals surface area contributed by atoms with Gasteiger partial charge in [-0.1, -0.05) is 24.3 Å². The van der Waals surface area contributed by atoms with E-state index in [4.69, 9.17) is 13.9 Å². The van der Waals surface area contributed by atoms with Gasteiger partial charge >= 0.3 is 5.97 Å². The predicted molar refractivity (Wildman–Crippen MR) is 106 cm³/mol. The molecule has 2 heterocycles. The van der Waals surface area contributed by atoms with Crippen LogP contribution < -0.4 is 0 Å². The van der Waals surface area contributed by atoms with Gasteiger partial charge in [-0.3, -0.25) is 24.1 Å². The first-order chi connectivity index (χ1) is 14.0. The fraction of sp³-hybridized carbons (Fsp3) is 0.333. The minimum atomic E-state index is -0.682. The Hall–Kier alpha value is -2.81. The Kier molecular flexibility index (Phi) is 6.81. The summed E-state index contributed by atoms with van der Waals surface area (Å²) in [5, 5.41) is 0. The highest BCUT2D eigenvalue weighted by atomic mass is 35.5. The molecule has 1 aliphatic carbocycles. The number of morpholine rings is 1. The second-order valence-corrected chi connectivity index (χ2v) is 6.83. The van der Waals surface area contributed by atoms with Crippen molar-refractivity contribution in [3.8, 4) is 0 Å². The number of nitrogens with zero attached hydrogens (tertiary/aromatic N) is 1. The molecule has 0 bridgehead atoms. The summed E-state index contributed by atoms with van der Waals surface area (Å²) in [4.78, 5) is 51.6. The maximum absolute atomic E-state index is 12.6. The summed E-state index contributed by atoms with van der Waals surface area (Å²) in [6.07, 6.45) is -0.523. The maximum atomic E-state index is 12.6. The van der Waals surface area contributed by atoms with Crippen molar-refractivity contribution in [1.29, 1.82) is 0 Å². The molecule has 0 atom stereocenters. The predicted octanol–water partition coefficient (Wildman–Crippen LogP) is 1.92. The topological polar surface area (TPSA) is 103 Å². The van der Waals surface area contributed by atoms with Crippen LogP contribution in [0.1, 0.15) is 49.0 Å². The molecule has 2 aliphatic rings. The highest BCUT2D eigenvalue weighted by Crippen LogP contribution is 2.30. The van der Waals surface area contributed by atoms with E-state index in [0.717, 1.165) is 13.1 Å². The van der Waals surface area contributed by atoms with Gasteiger partial charge in [0.1, 0.15) is 13.0 Å². The van der Waals surface area contributed by atoms with Crippen LogP contribution in [0.5, 0.6) is 0 Å². The van der Waals surface area contributed by atoms with Gasteiger partial charge in [-0.05, 0) is 6.07 Å². The number of hydrogen-bond donors (Lipinski definition) is 0. The lowest BCUT2D eigenvalue weighted by molar-refractivity contribution is -0.143. The van der Waals surface area contributed by atoms with Gasteiger partial charge in [-0.25, -0.2) is 0 Å². The van der Waals surface area contributed by atoms with E-state index in [0.29, 0.717) is 19.8 Å². The third-order valence-electron chi connectivity index (χ3n) is 4.95. The van der Waals surface area contributed by atoms with Gasteiger partial charge in [0.05, 0.1) is 18.8 Å². The van der Waals surface area contributed by atoms with E-state index in [1.165, 1.54) is 12.1 Å². The third-order valence-corrected chi connectivity index (χ3v) is 4.95. The van der Waals surface area contributed by atoms with Gasteiger partial charge in [0.15, 0.2) is 17.3 Å². The standard InChI is InChI=1S/C21H19NO7.ClH/c23-16(12-18(24)28-10-7-22-5-8-27-9-6-22)17-11-15-19(25)13-3-1-2-4-14(13)20(26)21(15)29-17;/h1-4,11H,5-10,12H2;1H. The Balaban J connectivity index is 0.00000256. The molecule has 0 saturated carbocycles. The van der Waals surface area contributed by atoms with Crippen molar-refractivity contribution in [2.45, 2.75) is 6.42 Å². The van der Waals surface area contributed by atoms with Crippen molar-refractivity contribution < 1.29 is 33.1 Å². The van der Waals surface area contributed by atoms with Gasteiger partial charge in [0, 0.05) is 30.8 Å². The van der Waals surface area contributed by atoms with E-state index < -0.39 is 24.0 Å². The van der Waals surface area contributed by atoms with Crippen LogP contribution >= 0.6 is 12.4 Å². The maximum Gasteiger partial charge on any atom is 0.313 e. The minimum absolute atomic E-state index is 0. The molecule has 8 nitrogen and oxygen atoms in total. The molecule has 1 fully saturated rings. The molecule has 0 spiro atoms. The number of furan rings is 1. The van der Waals surface area contributed by atoms with Crippen molar-refractivity contribution in [2.24, 2.45) is 0 Å². The Morgan fingerprint density at radius 2 is 1.67 bits per heavy atom. The number of halogens is 1. The Morgan fingerprint density at radius 1 is 1.00 bits per heavy atom. The number of ketones is 3. The number of benzene rings is 1. The number of hydrogen-bond acceptors (Lipinski definition) is 8. The number of Topliss-reactive ketones (excluding diaryl/α,β-unsaturated/α-hetero) is 1. The smallest absolute Gasteiger partial charge is 0.313 e. The summed E-state index contributed by atoms with van der Waals surface area (Å²) in [5.74, 6) is -2.53. The fourth-order valence-electron chi connectivity index (χ4n) is 3.39. The number of esters is 1. The first-order valence-electron chi connectivity index (χ1n) is 9.36. The number of fused-ring (bicyclic) bond motifs is 2. The molecule has 0 radical (unpaired) electrons. The minimum Gasteiger partial charge on any atom is -0.464 e. The van der Waals surface area contributed by atoms with E-state index in [2.05, 4.69) is 4.90 Å². The van der Waals surface area contributed by atoms with Gasteiger partial charge in [-0.2, -0.15) is 0 Å². The molecule has 2 aromatic rings. The normalized spacial score (nSPS) is 15.7. The van der Waals surface area contributed by atoms with Crippen LogP contribution in [0, 0.1) is 0 Å². The van der Waals surface area contributed by atoms with Crippen LogP contribution in [-0.2, 0) is 14.3 Å². The monoisotopic (exact) mass is 433 g/mol. The molecule has 158 valence electrons. The van der Waals surface area contributed by atoms with Crippen molar-refractivity contribution >= 4 is 35.7 Å². The first-order valence-corrected chi connectivity index (χ1v) is 9.36. The van der Waals surface area contributed by atoms with Gasteiger partial charge in [0.25, 0.3) is 0 Å². The number of rotatable bonds is 6. The zero-order chi connectivity index (χ0) is 20.4. The number of ether oxygens (including phenoxy) is 2. The van der Waals surface area contributed by atoms with Crippen LogP contribution in [0.25, 0.3) is 0 Å². The molecule has 30 heavy (non-hydrogen) atoms. The molecule has 0 unspecified atom stereocenters.